The SMILES string of the molecule is CC(C)(C)C(CCBr)NC(=O)Cc1cccs1. The molecule has 1 unspecified atom stereocenters. The molecule has 1 aromatic heterocycles. The molecule has 0 spiro atoms. The summed E-state index contributed by atoms with van der Waals surface area (Å²) in [6, 6.07) is 4.20. The summed E-state index contributed by atoms with van der Waals surface area (Å²) < 4.78 is 0. The number of nitrogens with one attached hydrogen (secondary N) is 1. The van der Waals surface area contributed by atoms with E-state index >= 15 is 0 Å². The van der Waals surface area contributed by atoms with E-state index in [2.05, 4.69) is 42.0 Å². The molecular formula is C13H20BrNOS. The third-order valence-corrected chi connectivity index (χ3v) is 4.03. The number of hydrogen-bond donors (Lipinski definition) is 1. The van der Waals surface area contributed by atoms with Crippen molar-refractivity contribution in [3.8, 4) is 0 Å². The second-order valence-corrected chi connectivity index (χ2v) is 7.05. The van der Waals surface area contributed by atoms with Crippen molar-refractivity contribution >= 4 is 33.2 Å². The minimum absolute atomic E-state index is 0.0961. The van der Waals surface area contributed by atoms with Crippen LogP contribution < -0.4 is 5.32 Å². The van der Waals surface area contributed by atoms with Gasteiger partial charge in [0.1, 0.15) is 0 Å². The van der Waals surface area contributed by atoms with Gasteiger partial charge in [-0.2, -0.15) is 0 Å². The van der Waals surface area contributed by atoms with Crippen molar-refractivity contribution in [1.82, 2.24) is 5.32 Å². The lowest BCUT2D eigenvalue weighted by molar-refractivity contribution is -0.121. The Balaban J connectivity index is 2.52. The third kappa shape index (κ3) is 5.21. The molecule has 2 nitrogen and oxygen atoms in total. The van der Waals surface area contributed by atoms with E-state index in [4.69, 9.17) is 0 Å². The molecule has 0 fully saturated rings. The van der Waals surface area contributed by atoms with Crippen molar-refractivity contribution in [3.63, 3.8) is 0 Å². The number of alkyl halides is 1. The normalized spacial score (nSPS) is 13.4. The maximum absolute atomic E-state index is 11.9. The fourth-order valence-electron chi connectivity index (χ4n) is 1.65. The summed E-state index contributed by atoms with van der Waals surface area (Å²) >= 11 is 5.07. The largest absolute Gasteiger partial charge is 0.353 e. The monoisotopic (exact) mass is 317 g/mol. The summed E-state index contributed by atoms with van der Waals surface area (Å²) in [4.78, 5) is 13.0. The average Bonchev–Trinajstić information content (AvgIpc) is 2.68. The highest BCUT2D eigenvalue weighted by Gasteiger charge is 2.25. The number of carbonyl (C=O) groups is 1. The van der Waals surface area contributed by atoms with E-state index in [1.807, 2.05) is 17.5 Å². The first-order chi connectivity index (χ1) is 7.93. The van der Waals surface area contributed by atoms with Crippen LogP contribution in [0.5, 0.6) is 0 Å². The van der Waals surface area contributed by atoms with Gasteiger partial charge in [-0.3, -0.25) is 4.79 Å². The van der Waals surface area contributed by atoms with Crippen LogP contribution in [0.25, 0.3) is 0 Å². The van der Waals surface area contributed by atoms with E-state index in [-0.39, 0.29) is 17.4 Å². The van der Waals surface area contributed by atoms with E-state index in [1.165, 1.54) is 0 Å². The Morgan fingerprint density at radius 1 is 1.53 bits per heavy atom. The first kappa shape index (κ1) is 14.7. The van der Waals surface area contributed by atoms with Crippen LogP contribution in [-0.2, 0) is 11.2 Å². The maximum Gasteiger partial charge on any atom is 0.225 e. The molecule has 4 heteroatoms. The standard InChI is InChI=1S/C13H20BrNOS/c1-13(2,3)11(6-7-14)15-12(16)9-10-5-4-8-17-10/h4-5,8,11H,6-7,9H2,1-3H3,(H,15,16). The number of thiophene rings is 1. The van der Waals surface area contributed by atoms with E-state index in [0.29, 0.717) is 6.42 Å². The fraction of sp³-hybridized carbons (Fsp3) is 0.615. The summed E-state index contributed by atoms with van der Waals surface area (Å²) in [5.41, 5.74) is 0.0961. The highest BCUT2D eigenvalue weighted by atomic mass is 79.9. The van der Waals surface area contributed by atoms with Crippen LogP contribution in [0.3, 0.4) is 0 Å². The van der Waals surface area contributed by atoms with Crippen LogP contribution in [0.1, 0.15) is 32.1 Å². The van der Waals surface area contributed by atoms with Crippen molar-refractivity contribution in [1.29, 1.82) is 0 Å². The molecule has 0 radical (unpaired) electrons. The Kier molecular flexibility index (Phi) is 5.67. The molecule has 1 atom stereocenters. The summed E-state index contributed by atoms with van der Waals surface area (Å²) in [5.74, 6) is 0.119. The fourth-order valence-corrected chi connectivity index (χ4v) is 2.81. The van der Waals surface area contributed by atoms with Gasteiger partial charge in [-0.25, -0.2) is 0 Å². The summed E-state index contributed by atoms with van der Waals surface area (Å²) in [6.45, 7) is 6.48. The zero-order chi connectivity index (χ0) is 12.9. The molecule has 1 aromatic rings. The Bertz CT molecular complexity index is 343. The van der Waals surface area contributed by atoms with Crippen LogP contribution in [0.2, 0.25) is 0 Å². The van der Waals surface area contributed by atoms with E-state index < -0.39 is 0 Å². The summed E-state index contributed by atoms with van der Waals surface area (Å²) in [6.07, 6.45) is 1.45. The van der Waals surface area contributed by atoms with Gasteiger partial charge in [0.25, 0.3) is 0 Å². The molecule has 0 bridgehead atoms. The van der Waals surface area contributed by atoms with Gasteiger partial charge in [0.2, 0.25) is 5.91 Å². The number of amides is 1. The van der Waals surface area contributed by atoms with Crippen molar-refractivity contribution in [2.45, 2.75) is 39.7 Å². The molecule has 1 amide bonds. The Hall–Kier alpha value is -0.350. The molecule has 1 N–H and O–H groups in total. The van der Waals surface area contributed by atoms with Crippen molar-refractivity contribution in [2.75, 3.05) is 5.33 Å². The van der Waals surface area contributed by atoms with Gasteiger partial charge in [-0.1, -0.05) is 42.8 Å². The highest BCUT2D eigenvalue weighted by molar-refractivity contribution is 9.09. The van der Waals surface area contributed by atoms with E-state index in [0.717, 1.165) is 16.6 Å². The quantitative estimate of drug-likeness (QED) is 0.826. The molecule has 0 aromatic carbocycles. The molecule has 0 saturated heterocycles. The first-order valence-electron chi connectivity index (χ1n) is 5.81. The predicted octanol–water partition coefficient (Wildman–Crippen LogP) is 3.61. The lowest BCUT2D eigenvalue weighted by atomic mass is 9.85. The van der Waals surface area contributed by atoms with Gasteiger partial charge in [-0.15, -0.1) is 11.3 Å². The number of carbonyl (C=O) groups excluding carboxylic acids is 1. The van der Waals surface area contributed by atoms with Gasteiger partial charge < -0.3 is 5.32 Å². The van der Waals surface area contributed by atoms with Crippen molar-refractivity contribution in [3.05, 3.63) is 22.4 Å². The smallest absolute Gasteiger partial charge is 0.225 e. The lowest BCUT2D eigenvalue weighted by Crippen LogP contribution is -2.44. The zero-order valence-electron chi connectivity index (χ0n) is 10.6. The Labute approximate surface area is 116 Å². The molecular weight excluding hydrogens is 298 g/mol. The second kappa shape index (κ2) is 6.55. The van der Waals surface area contributed by atoms with Crippen molar-refractivity contribution in [2.24, 2.45) is 5.41 Å². The van der Waals surface area contributed by atoms with Crippen LogP contribution in [0, 0.1) is 5.41 Å². The number of hydrogen-bond acceptors (Lipinski definition) is 2. The zero-order valence-corrected chi connectivity index (χ0v) is 13.0. The third-order valence-electron chi connectivity index (χ3n) is 2.69. The van der Waals surface area contributed by atoms with Crippen LogP contribution >= 0.6 is 27.3 Å². The molecule has 0 saturated carbocycles. The highest BCUT2D eigenvalue weighted by Crippen LogP contribution is 2.22. The first-order valence-corrected chi connectivity index (χ1v) is 7.81. The number of halogens is 1. The van der Waals surface area contributed by atoms with Crippen molar-refractivity contribution < 1.29 is 4.79 Å². The minimum Gasteiger partial charge on any atom is -0.353 e. The topological polar surface area (TPSA) is 29.1 Å². The van der Waals surface area contributed by atoms with Crippen LogP contribution in [0.4, 0.5) is 0 Å². The summed E-state index contributed by atoms with van der Waals surface area (Å²) in [7, 11) is 0. The van der Waals surface area contributed by atoms with Gasteiger partial charge in [0.15, 0.2) is 0 Å². The molecule has 17 heavy (non-hydrogen) atoms. The van der Waals surface area contributed by atoms with Crippen LogP contribution in [0.15, 0.2) is 17.5 Å². The molecule has 1 rings (SSSR count). The van der Waals surface area contributed by atoms with Gasteiger partial charge in [-0.05, 0) is 23.3 Å². The minimum atomic E-state index is 0.0961. The number of rotatable bonds is 5. The maximum atomic E-state index is 11.9. The average molecular weight is 318 g/mol. The van der Waals surface area contributed by atoms with Gasteiger partial charge >= 0.3 is 0 Å². The van der Waals surface area contributed by atoms with Gasteiger partial charge in [0, 0.05) is 16.2 Å². The lowest BCUT2D eigenvalue weighted by Gasteiger charge is -2.31. The van der Waals surface area contributed by atoms with Crippen LogP contribution in [-0.4, -0.2) is 17.3 Å². The second-order valence-electron chi connectivity index (χ2n) is 5.22. The molecule has 0 aliphatic rings. The van der Waals surface area contributed by atoms with E-state index in [9.17, 15) is 4.79 Å². The molecule has 1 heterocycles. The summed E-state index contributed by atoms with van der Waals surface area (Å²) in [5, 5.41) is 6.05. The molecule has 0 aliphatic heterocycles. The Morgan fingerprint density at radius 2 is 2.24 bits per heavy atom. The molecule has 96 valence electrons. The molecule has 0 aliphatic carbocycles. The van der Waals surface area contributed by atoms with Gasteiger partial charge in [0.05, 0.1) is 6.42 Å². The Morgan fingerprint density at radius 3 is 2.71 bits per heavy atom. The van der Waals surface area contributed by atoms with E-state index in [1.54, 1.807) is 11.3 Å². The predicted molar refractivity (Wildman–Crippen MR) is 77.8 cm³/mol.